The van der Waals surface area contributed by atoms with E-state index in [1.807, 2.05) is 30.3 Å². The van der Waals surface area contributed by atoms with E-state index in [0.29, 0.717) is 6.42 Å². The molecule has 5 heteroatoms. The molecule has 0 unspecified atom stereocenters. The topological polar surface area (TPSA) is 63.6 Å². The minimum Gasteiger partial charge on any atom is -0.487 e. The summed E-state index contributed by atoms with van der Waals surface area (Å²) in [5, 5.41) is 0. The summed E-state index contributed by atoms with van der Waals surface area (Å²) in [6, 6.07) is 9.58. The monoisotopic (exact) mass is 356 g/mol. The van der Waals surface area contributed by atoms with Gasteiger partial charge in [0.05, 0.1) is 5.75 Å². The summed E-state index contributed by atoms with van der Waals surface area (Å²) >= 11 is 0. The molecule has 0 saturated heterocycles. The number of ether oxygens (including phenoxy) is 1. The Kier molecular flexibility index (Phi) is 9.37. The third kappa shape index (κ3) is 8.69. The van der Waals surface area contributed by atoms with Crippen molar-refractivity contribution in [2.75, 3.05) is 5.75 Å². The van der Waals surface area contributed by atoms with Crippen LogP contribution in [0.3, 0.4) is 0 Å². The van der Waals surface area contributed by atoms with E-state index < -0.39 is 15.7 Å². The fourth-order valence-corrected chi connectivity index (χ4v) is 3.61. The van der Waals surface area contributed by atoms with E-state index in [4.69, 9.17) is 4.74 Å². The summed E-state index contributed by atoms with van der Waals surface area (Å²) in [6.07, 6.45) is 8.36. The zero-order valence-electron chi connectivity index (χ0n) is 15.0. The van der Waals surface area contributed by atoms with Gasteiger partial charge in [0, 0.05) is 6.42 Å². The fourth-order valence-electron chi connectivity index (χ4n) is 2.98. The minimum atomic E-state index is -3.99. The van der Waals surface area contributed by atoms with Gasteiger partial charge in [0.15, 0.2) is 0 Å². The zero-order chi connectivity index (χ0) is 17.9. The van der Waals surface area contributed by atoms with E-state index in [2.05, 4.69) is 13.8 Å². The highest BCUT2D eigenvalue weighted by Gasteiger charge is 2.33. The molecule has 0 heterocycles. The number of benzene rings is 1. The molecule has 1 aromatic rings. The fraction of sp³-hybridized carbons (Fsp3) is 0.684. The largest absolute Gasteiger partial charge is 0.487 e. The van der Waals surface area contributed by atoms with E-state index in [0.717, 1.165) is 57.1 Å². The van der Waals surface area contributed by atoms with Crippen molar-refractivity contribution in [1.29, 1.82) is 0 Å². The maximum atomic E-state index is 11.3. The van der Waals surface area contributed by atoms with E-state index in [-0.39, 0.29) is 5.75 Å². The van der Waals surface area contributed by atoms with Gasteiger partial charge in [0.25, 0.3) is 10.1 Å². The second-order valence-electron chi connectivity index (χ2n) is 6.55. The maximum Gasteiger partial charge on any atom is 0.265 e. The predicted octanol–water partition coefficient (Wildman–Crippen LogP) is 5.24. The van der Waals surface area contributed by atoms with Gasteiger partial charge in [-0.25, -0.2) is 0 Å². The van der Waals surface area contributed by atoms with Gasteiger partial charge in [-0.1, -0.05) is 57.7 Å². The first kappa shape index (κ1) is 21.0. The van der Waals surface area contributed by atoms with E-state index in [1.54, 1.807) is 0 Å². The van der Waals surface area contributed by atoms with Crippen LogP contribution in [0.15, 0.2) is 30.3 Å². The molecule has 0 atom stereocenters. The molecule has 0 bridgehead atoms. The normalized spacial score (nSPS) is 12.3. The molecule has 0 aliphatic rings. The summed E-state index contributed by atoms with van der Waals surface area (Å²) < 4.78 is 38.1. The van der Waals surface area contributed by atoms with Crippen molar-refractivity contribution < 1.29 is 17.7 Å². The molecule has 0 amide bonds. The predicted molar refractivity (Wildman–Crippen MR) is 99.1 cm³/mol. The number of para-hydroxylation sites is 1. The summed E-state index contributed by atoms with van der Waals surface area (Å²) in [6.45, 7) is 4.30. The number of hydrogen-bond acceptors (Lipinski definition) is 3. The van der Waals surface area contributed by atoms with Crippen LogP contribution in [0.2, 0.25) is 0 Å². The molecule has 0 radical (unpaired) electrons. The van der Waals surface area contributed by atoms with E-state index >= 15 is 0 Å². The van der Waals surface area contributed by atoms with E-state index in [9.17, 15) is 13.0 Å². The Bertz CT molecular complexity index is 530. The van der Waals surface area contributed by atoms with Gasteiger partial charge >= 0.3 is 0 Å². The van der Waals surface area contributed by atoms with Crippen LogP contribution in [0.25, 0.3) is 0 Å². The molecule has 0 spiro atoms. The molecule has 1 aromatic carbocycles. The quantitative estimate of drug-likeness (QED) is 0.387. The van der Waals surface area contributed by atoms with Crippen molar-refractivity contribution in [2.45, 2.75) is 77.2 Å². The third-order valence-electron chi connectivity index (χ3n) is 4.37. The molecule has 24 heavy (non-hydrogen) atoms. The highest BCUT2D eigenvalue weighted by atomic mass is 32.2. The van der Waals surface area contributed by atoms with Gasteiger partial charge < -0.3 is 4.74 Å². The number of hydrogen-bond donors (Lipinski definition) is 1. The molecular weight excluding hydrogens is 324 g/mol. The minimum absolute atomic E-state index is 0.252. The van der Waals surface area contributed by atoms with Crippen LogP contribution in [-0.4, -0.2) is 24.3 Å². The first-order valence-electron chi connectivity index (χ1n) is 9.10. The van der Waals surface area contributed by atoms with Gasteiger partial charge in [-0.05, 0) is 37.8 Å². The second-order valence-corrected chi connectivity index (χ2v) is 8.12. The lowest BCUT2D eigenvalue weighted by molar-refractivity contribution is 0.0412. The smallest absolute Gasteiger partial charge is 0.265 e. The molecule has 4 nitrogen and oxygen atoms in total. The number of unbranched alkanes of at least 4 members (excludes halogenated alkanes) is 4. The van der Waals surface area contributed by atoms with Gasteiger partial charge in [0.1, 0.15) is 11.4 Å². The molecule has 0 aliphatic carbocycles. The van der Waals surface area contributed by atoms with Crippen molar-refractivity contribution in [2.24, 2.45) is 0 Å². The van der Waals surface area contributed by atoms with Crippen molar-refractivity contribution in [1.82, 2.24) is 0 Å². The lowest BCUT2D eigenvalue weighted by Gasteiger charge is -2.35. The number of rotatable bonds is 13. The van der Waals surface area contributed by atoms with E-state index in [1.165, 1.54) is 0 Å². The SMILES string of the molecule is CCCCCC(CCCCC)(CCS(=O)(=O)O)Oc1ccccc1. The van der Waals surface area contributed by atoms with Gasteiger partial charge in [-0.15, -0.1) is 0 Å². The Balaban J connectivity index is 2.94. The lowest BCUT2D eigenvalue weighted by atomic mass is 9.87. The Morgan fingerprint density at radius 3 is 1.92 bits per heavy atom. The highest BCUT2D eigenvalue weighted by Crippen LogP contribution is 2.32. The third-order valence-corrected chi connectivity index (χ3v) is 5.09. The molecule has 0 aromatic heterocycles. The molecule has 0 fully saturated rings. The van der Waals surface area contributed by atoms with Crippen LogP contribution in [0.1, 0.15) is 71.6 Å². The van der Waals surface area contributed by atoms with Gasteiger partial charge in [0.2, 0.25) is 0 Å². The first-order chi connectivity index (χ1) is 11.4. The molecule has 1 N–H and O–H groups in total. The van der Waals surface area contributed by atoms with Crippen LogP contribution < -0.4 is 4.74 Å². The Morgan fingerprint density at radius 1 is 0.917 bits per heavy atom. The van der Waals surface area contributed by atoms with Crippen LogP contribution in [0.5, 0.6) is 5.75 Å². The van der Waals surface area contributed by atoms with Crippen LogP contribution in [-0.2, 0) is 10.1 Å². The average molecular weight is 357 g/mol. The first-order valence-corrected chi connectivity index (χ1v) is 10.7. The van der Waals surface area contributed by atoms with Crippen molar-refractivity contribution >= 4 is 10.1 Å². The summed E-state index contributed by atoms with van der Waals surface area (Å²) in [5.41, 5.74) is -0.526. The zero-order valence-corrected chi connectivity index (χ0v) is 15.9. The molecule has 0 saturated carbocycles. The highest BCUT2D eigenvalue weighted by molar-refractivity contribution is 7.85. The van der Waals surface area contributed by atoms with Gasteiger partial charge in [-0.3, -0.25) is 4.55 Å². The molecule has 1 rings (SSSR count). The van der Waals surface area contributed by atoms with Crippen molar-refractivity contribution in [3.63, 3.8) is 0 Å². The summed E-state index contributed by atoms with van der Waals surface area (Å²) in [5.74, 6) is 0.513. The lowest BCUT2D eigenvalue weighted by Crippen LogP contribution is -2.38. The van der Waals surface area contributed by atoms with Gasteiger partial charge in [-0.2, -0.15) is 8.42 Å². The summed E-state index contributed by atoms with van der Waals surface area (Å²) in [4.78, 5) is 0. The molecule has 0 aliphatic heterocycles. The van der Waals surface area contributed by atoms with Crippen molar-refractivity contribution in [3.8, 4) is 5.75 Å². The average Bonchev–Trinajstić information content (AvgIpc) is 2.54. The van der Waals surface area contributed by atoms with Crippen LogP contribution in [0, 0.1) is 0 Å². The Morgan fingerprint density at radius 2 is 1.46 bits per heavy atom. The second kappa shape index (κ2) is 10.7. The Labute approximate surface area is 147 Å². The molecule has 138 valence electrons. The van der Waals surface area contributed by atoms with Crippen LogP contribution >= 0.6 is 0 Å². The summed E-state index contributed by atoms with van der Waals surface area (Å²) in [7, 11) is -3.99. The Hall–Kier alpha value is -1.07. The maximum absolute atomic E-state index is 11.3. The standard InChI is InChI=1S/C19H32O4S/c1-3-5-10-14-19(15-11-6-4-2,16-17-24(20,21)22)23-18-12-8-7-9-13-18/h7-9,12-13H,3-6,10-11,14-17H2,1-2H3,(H,20,21,22). The van der Waals surface area contributed by atoms with Crippen molar-refractivity contribution in [3.05, 3.63) is 30.3 Å². The van der Waals surface area contributed by atoms with Crippen LogP contribution in [0.4, 0.5) is 0 Å². The molecular formula is C19H32O4S.